The van der Waals surface area contributed by atoms with Crippen molar-refractivity contribution in [2.24, 2.45) is 5.41 Å². The molecule has 164 valence electrons. The van der Waals surface area contributed by atoms with Gasteiger partial charge in [-0.15, -0.1) is 0 Å². The van der Waals surface area contributed by atoms with Gasteiger partial charge in [-0.2, -0.15) is 4.31 Å². The normalized spacial score (nSPS) is 15.4. The zero-order valence-electron chi connectivity index (χ0n) is 17.8. The first-order valence-corrected chi connectivity index (χ1v) is 11.4. The first-order chi connectivity index (χ1) is 13.7. The molecule has 9 heteroatoms. The number of methoxy groups -OCH3 is 1. The number of benzene rings is 1. The minimum atomic E-state index is -3.60. The smallest absolute Gasteiger partial charge is 0.317 e. The summed E-state index contributed by atoms with van der Waals surface area (Å²) < 4.78 is 37.9. The number of carbonyl (C=O) groups is 1. The highest BCUT2D eigenvalue weighted by Crippen LogP contribution is 2.26. The molecule has 1 fully saturated rings. The Balaban J connectivity index is 1.93. The molecule has 0 aliphatic carbocycles. The van der Waals surface area contributed by atoms with E-state index in [0.29, 0.717) is 58.1 Å². The summed E-state index contributed by atoms with van der Waals surface area (Å²) in [7, 11) is -2.06. The summed E-state index contributed by atoms with van der Waals surface area (Å²) in [6.07, 6.45) is 0.664. The first kappa shape index (κ1) is 23.4. The predicted molar refractivity (Wildman–Crippen MR) is 112 cm³/mol. The second-order valence-corrected chi connectivity index (χ2v) is 9.79. The van der Waals surface area contributed by atoms with Crippen LogP contribution in [0, 0.1) is 5.41 Å². The molecule has 0 radical (unpaired) electrons. The van der Waals surface area contributed by atoms with Gasteiger partial charge < -0.3 is 19.7 Å². The number of amides is 2. The van der Waals surface area contributed by atoms with Crippen LogP contribution in [0.5, 0.6) is 5.75 Å². The lowest BCUT2D eigenvalue weighted by Gasteiger charge is -2.32. The van der Waals surface area contributed by atoms with Crippen molar-refractivity contribution in [3.05, 3.63) is 24.3 Å². The highest BCUT2D eigenvalue weighted by molar-refractivity contribution is 7.89. The Morgan fingerprint density at radius 2 is 1.86 bits per heavy atom. The van der Waals surface area contributed by atoms with Gasteiger partial charge in [0.1, 0.15) is 5.75 Å². The Morgan fingerprint density at radius 3 is 2.41 bits per heavy atom. The van der Waals surface area contributed by atoms with Crippen LogP contribution in [0.3, 0.4) is 0 Å². The van der Waals surface area contributed by atoms with Crippen LogP contribution in [0.1, 0.15) is 27.2 Å². The monoisotopic (exact) mass is 427 g/mol. The predicted octanol–water partition coefficient (Wildman–Crippen LogP) is 2.16. The van der Waals surface area contributed by atoms with E-state index in [9.17, 15) is 13.2 Å². The number of ether oxygens (including phenoxy) is 2. The lowest BCUT2D eigenvalue weighted by atomic mass is 9.89. The zero-order chi connectivity index (χ0) is 21.5. The quantitative estimate of drug-likeness (QED) is 0.653. The van der Waals surface area contributed by atoms with Crippen LogP contribution in [0.25, 0.3) is 0 Å². The molecule has 1 aromatic carbocycles. The van der Waals surface area contributed by atoms with E-state index in [-0.39, 0.29) is 16.3 Å². The number of nitrogens with one attached hydrogen (secondary N) is 1. The summed E-state index contributed by atoms with van der Waals surface area (Å²) >= 11 is 0. The molecule has 0 spiro atoms. The Morgan fingerprint density at radius 1 is 1.24 bits per heavy atom. The van der Waals surface area contributed by atoms with E-state index in [2.05, 4.69) is 5.32 Å². The Bertz CT molecular complexity index is 759. The van der Waals surface area contributed by atoms with E-state index in [1.807, 2.05) is 20.8 Å². The van der Waals surface area contributed by atoms with Gasteiger partial charge in [-0.3, -0.25) is 0 Å². The van der Waals surface area contributed by atoms with Gasteiger partial charge in [0.05, 0.1) is 25.2 Å². The summed E-state index contributed by atoms with van der Waals surface area (Å²) in [6.45, 7) is 9.41. The average molecular weight is 428 g/mol. The van der Waals surface area contributed by atoms with Crippen LogP contribution in [0.4, 0.5) is 4.79 Å². The van der Waals surface area contributed by atoms with E-state index in [4.69, 9.17) is 9.47 Å². The van der Waals surface area contributed by atoms with Gasteiger partial charge in [0.25, 0.3) is 0 Å². The highest BCUT2D eigenvalue weighted by Gasteiger charge is 2.30. The third-order valence-corrected chi connectivity index (χ3v) is 6.97. The standard InChI is InChI=1S/C20H33N3O5S/c1-5-23(29(25,26)18-8-6-17(27-4)7-9-18)16-20(2,3)10-11-21-19(24)22-12-14-28-15-13-22/h6-9H,5,10-16H2,1-4H3,(H,21,24). The maximum Gasteiger partial charge on any atom is 0.317 e. The van der Waals surface area contributed by atoms with Crippen molar-refractivity contribution in [3.8, 4) is 5.75 Å². The SMILES string of the molecule is CCN(CC(C)(C)CCNC(=O)N1CCOCC1)S(=O)(=O)c1ccc(OC)cc1. The van der Waals surface area contributed by atoms with Crippen molar-refractivity contribution in [1.82, 2.24) is 14.5 Å². The largest absolute Gasteiger partial charge is 0.497 e. The van der Waals surface area contributed by atoms with Gasteiger partial charge in [-0.1, -0.05) is 20.8 Å². The van der Waals surface area contributed by atoms with Crippen molar-refractivity contribution in [1.29, 1.82) is 0 Å². The molecular weight excluding hydrogens is 394 g/mol. The summed E-state index contributed by atoms with van der Waals surface area (Å²) in [5.74, 6) is 0.614. The van der Waals surface area contributed by atoms with Crippen molar-refractivity contribution >= 4 is 16.1 Å². The van der Waals surface area contributed by atoms with Crippen LogP contribution < -0.4 is 10.1 Å². The third-order valence-electron chi connectivity index (χ3n) is 5.03. The molecule has 0 unspecified atom stereocenters. The van der Waals surface area contributed by atoms with Gasteiger partial charge in [0.2, 0.25) is 10.0 Å². The molecule has 2 rings (SSSR count). The lowest BCUT2D eigenvalue weighted by Crippen LogP contribution is -2.47. The number of urea groups is 1. The molecule has 29 heavy (non-hydrogen) atoms. The summed E-state index contributed by atoms with van der Waals surface area (Å²) in [5.41, 5.74) is -0.298. The zero-order valence-corrected chi connectivity index (χ0v) is 18.6. The fraction of sp³-hybridized carbons (Fsp3) is 0.650. The molecule has 8 nitrogen and oxygen atoms in total. The lowest BCUT2D eigenvalue weighted by molar-refractivity contribution is 0.0530. The number of sulfonamides is 1. The number of carbonyl (C=O) groups excluding carboxylic acids is 1. The summed E-state index contributed by atoms with van der Waals surface area (Å²) in [4.78, 5) is 14.2. The van der Waals surface area contributed by atoms with Gasteiger partial charge in [-0.25, -0.2) is 13.2 Å². The first-order valence-electron chi connectivity index (χ1n) is 9.94. The topological polar surface area (TPSA) is 88.2 Å². The number of hydrogen-bond donors (Lipinski definition) is 1. The third kappa shape index (κ3) is 6.58. The molecule has 2 amide bonds. The number of hydrogen-bond acceptors (Lipinski definition) is 5. The molecule has 1 saturated heterocycles. The summed E-state index contributed by atoms with van der Waals surface area (Å²) in [5, 5.41) is 2.93. The number of nitrogens with zero attached hydrogens (tertiary/aromatic N) is 2. The molecule has 1 aromatic rings. The highest BCUT2D eigenvalue weighted by atomic mass is 32.2. The van der Waals surface area contributed by atoms with Crippen LogP contribution in [-0.2, 0) is 14.8 Å². The molecule has 1 N–H and O–H groups in total. The van der Waals surface area contributed by atoms with Gasteiger partial charge in [-0.05, 0) is 36.1 Å². The second kappa shape index (κ2) is 10.3. The van der Waals surface area contributed by atoms with Crippen LogP contribution >= 0.6 is 0 Å². The van der Waals surface area contributed by atoms with Gasteiger partial charge >= 0.3 is 6.03 Å². The van der Waals surface area contributed by atoms with Crippen LogP contribution in [0.15, 0.2) is 29.2 Å². The molecule has 0 atom stereocenters. The minimum absolute atomic E-state index is 0.0951. The number of rotatable bonds is 9. The van der Waals surface area contributed by atoms with Gasteiger partial charge in [0.15, 0.2) is 0 Å². The van der Waals surface area contributed by atoms with Crippen molar-refractivity contribution in [3.63, 3.8) is 0 Å². The van der Waals surface area contributed by atoms with Gasteiger partial charge in [0, 0.05) is 32.7 Å². The van der Waals surface area contributed by atoms with Crippen molar-refractivity contribution in [2.45, 2.75) is 32.1 Å². The van der Waals surface area contributed by atoms with E-state index in [0.717, 1.165) is 0 Å². The molecule has 1 aliphatic rings. The van der Waals surface area contributed by atoms with E-state index < -0.39 is 10.0 Å². The van der Waals surface area contributed by atoms with Crippen LogP contribution in [0.2, 0.25) is 0 Å². The Kier molecular flexibility index (Phi) is 8.30. The fourth-order valence-electron chi connectivity index (χ4n) is 3.21. The summed E-state index contributed by atoms with van der Waals surface area (Å²) in [6, 6.07) is 6.32. The minimum Gasteiger partial charge on any atom is -0.497 e. The molecular formula is C20H33N3O5S. The molecule has 0 aromatic heterocycles. The van der Waals surface area contributed by atoms with Crippen molar-refractivity contribution in [2.75, 3.05) is 53.0 Å². The Hall–Kier alpha value is -1.84. The molecule has 1 heterocycles. The average Bonchev–Trinajstić information content (AvgIpc) is 2.72. The van der Waals surface area contributed by atoms with Crippen LogP contribution in [-0.4, -0.2) is 76.7 Å². The molecule has 0 saturated carbocycles. The molecule has 0 bridgehead atoms. The van der Waals surface area contributed by atoms with Crippen molar-refractivity contribution < 1.29 is 22.7 Å². The van der Waals surface area contributed by atoms with E-state index in [1.54, 1.807) is 36.3 Å². The maximum absolute atomic E-state index is 13.0. The van der Waals surface area contributed by atoms with E-state index >= 15 is 0 Å². The Labute approximate surface area is 174 Å². The number of morpholine rings is 1. The maximum atomic E-state index is 13.0. The fourth-order valence-corrected chi connectivity index (χ4v) is 4.84. The second-order valence-electron chi connectivity index (χ2n) is 7.85. The van der Waals surface area contributed by atoms with E-state index in [1.165, 1.54) is 4.31 Å². The molecule has 1 aliphatic heterocycles.